The predicted octanol–water partition coefficient (Wildman–Crippen LogP) is 3.87. The highest BCUT2D eigenvalue weighted by Gasteiger charge is 2.09. The van der Waals surface area contributed by atoms with Crippen LogP contribution in [-0.2, 0) is 6.54 Å². The summed E-state index contributed by atoms with van der Waals surface area (Å²) in [5.41, 5.74) is 6.40. The van der Waals surface area contributed by atoms with Gasteiger partial charge in [-0.15, -0.1) is 0 Å². The Morgan fingerprint density at radius 3 is 2.05 bits per heavy atom. The molecule has 1 unspecified atom stereocenters. The smallest absolute Gasteiger partial charge is 0.121 e. The highest BCUT2D eigenvalue weighted by atomic mass is 16.3. The molecule has 0 fully saturated rings. The van der Waals surface area contributed by atoms with Gasteiger partial charge in [0.2, 0.25) is 0 Å². The molecule has 1 aromatic carbocycles. The topological polar surface area (TPSA) is 45.1 Å². The number of aromatic hydroxyl groups is 1. The van der Waals surface area contributed by atoms with E-state index >= 15 is 0 Å². The minimum absolute atomic E-state index is 0.233. The minimum atomic E-state index is 0.233. The molecule has 0 saturated heterocycles. The van der Waals surface area contributed by atoms with Crippen LogP contribution in [0.15, 0.2) is 24.3 Å². The lowest BCUT2D eigenvalue weighted by Gasteiger charge is -2.17. The molecule has 3 heteroatoms. The van der Waals surface area contributed by atoms with E-state index in [1.54, 1.807) is 0 Å². The zero-order valence-electron chi connectivity index (χ0n) is 13.5. The van der Waals surface area contributed by atoms with Gasteiger partial charge in [0.15, 0.2) is 0 Å². The first-order chi connectivity index (χ1) is 9.86. The molecule has 0 amide bonds. The van der Waals surface area contributed by atoms with Crippen LogP contribution in [0.2, 0.25) is 0 Å². The average molecular weight is 284 g/mol. The van der Waals surface area contributed by atoms with E-state index in [4.69, 9.17) is 0 Å². The van der Waals surface area contributed by atoms with E-state index in [1.807, 2.05) is 39.8 Å². The van der Waals surface area contributed by atoms with E-state index in [1.165, 1.54) is 11.1 Å². The quantitative estimate of drug-likeness (QED) is 0.895. The van der Waals surface area contributed by atoms with Gasteiger partial charge in [-0.25, -0.2) is 0 Å². The van der Waals surface area contributed by atoms with Gasteiger partial charge in [0.1, 0.15) is 5.75 Å². The van der Waals surface area contributed by atoms with Crippen LogP contribution in [0, 0.1) is 27.7 Å². The van der Waals surface area contributed by atoms with Gasteiger partial charge >= 0.3 is 0 Å². The normalized spacial score (nSPS) is 12.4. The van der Waals surface area contributed by atoms with Crippen molar-refractivity contribution >= 4 is 0 Å². The van der Waals surface area contributed by atoms with Gasteiger partial charge in [0.25, 0.3) is 0 Å². The summed E-state index contributed by atoms with van der Waals surface area (Å²) in [5.74, 6) is 0.395. The van der Waals surface area contributed by atoms with Gasteiger partial charge in [-0.05, 0) is 69.0 Å². The molecule has 1 atom stereocenters. The number of nitrogens with one attached hydrogen (secondary N) is 1. The van der Waals surface area contributed by atoms with Crippen molar-refractivity contribution < 1.29 is 5.11 Å². The Hall–Kier alpha value is -1.87. The van der Waals surface area contributed by atoms with Crippen molar-refractivity contribution in [2.24, 2.45) is 0 Å². The molecule has 0 aliphatic rings. The standard InChI is InChI=1S/C18H24N2O/c1-11-6-17(7-12(2)18(11)21)15(5)19-10-16-8-13(3)20-14(4)9-16/h6-9,15,19,21H,10H2,1-5H3. The van der Waals surface area contributed by atoms with Crippen LogP contribution in [-0.4, -0.2) is 10.1 Å². The fraction of sp³-hybridized carbons (Fsp3) is 0.389. The second-order valence-electron chi connectivity index (χ2n) is 5.86. The zero-order chi connectivity index (χ0) is 15.6. The zero-order valence-corrected chi connectivity index (χ0v) is 13.5. The molecule has 0 aliphatic carbocycles. The number of aryl methyl sites for hydroxylation is 4. The number of nitrogens with zero attached hydrogens (tertiary/aromatic N) is 1. The van der Waals surface area contributed by atoms with Crippen molar-refractivity contribution in [1.82, 2.24) is 10.3 Å². The number of hydrogen-bond donors (Lipinski definition) is 2. The molecular formula is C18H24N2O. The molecule has 112 valence electrons. The molecule has 0 bridgehead atoms. The molecule has 1 aromatic heterocycles. The fourth-order valence-electron chi connectivity index (χ4n) is 2.65. The third-order valence-electron chi connectivity index (χ3n) is 3.77. The van der Waals surface area contributed by atoms with Crippen LogP contribution >= 0.6 is 0 Å². The number of phenolic OH excluding ortho intramolecular Hbond substituents is 1. The second kappa shape index (κ2) is 6.27. The Morgan fingerprint density at radius 1 is 1.00 bits per heavy atom. The van der Waals surface area contributed by atoms with Crippen LogP contribution in [0.4, 0.5) is 0 Å². The number of benzene rings is 1. The summed E-state index contributed by atoms with van der Waals surface area (Å²) in [6, 6.07) is 8.54. The predicted molar refractivity (Wildman–Crippen MR) is 86.5 cm³/mol. The summed E-state index contributed by atoms with van der Waals surface area (Å²) in [7, 11) is 0. The number of aromatic nitrogens is 1. The monoisotopic (exact) mass is 284 g/mol. The molecule has 2 N–H and O–H groups in total. The maximum absolute atomic E-state index is 9.85. The average Bonchev–Trinajstić information content (AvgIpc) is 2.40. The maximum atomic E-state index is 9.85. The summed E-state index contributed by atoms with van der Waals surface area (Å²) in [6.45, 7) is 10.9. The van der Waals surface area contributed by atoms with Crippen LogP contribution in [0.5, 0.6) is 5.75 Å². The van der Waals surface area contributed by atoms with Crippen LogP contribution < -0.4 is 5.32 Å². The van der Waals surface area contributed by atoms with Crippen LogP contribution in [0.3, 0.4) is 0 Å². The third-order valence-corrected chi connectivity index (χ3v) is 3.77. The van der Waals surface area contributed by atoms with Crippen LogP contribution in [0.25, 0.3) is 0 Å². The van der Waals surface area contributed by atoms with E-state index in [2.05, 4.69) is 29.4 Å². The molecule has 2 aromatic rings. The summed E-state index contributed by atoms with van der Waals surface area (Å²) >= 11 is 0. The largest absolute Gasteiger partial charge is 0.507 e. The number of rotatable bonds is 4. The first kappa shape index (κ1) is 15.5. The summed E-state index contributed by atoms with van der Waals surface area (Å²) in [6.07, 6.45) is 0. The lowest BCUT2D eigenvalue weighted by Crippen LogP contribution is -2.18. The molecule has 0 saturated carbocycles. The maximum Gasteiger partial charge on any atom is 0.121 e. The lowest BCUT2D eigenvalue weighted by atomic mass is 10.0. The third kappa shape index (κ3) is 3.82. The lowest BCUT2D eigenvalue weighted by molar-refractivity contribution is 0.465. The molecule has 0 radical (unpaired) electrons. The number of phenols is 1. The first-order valence-corrected chi connectivity index (χ1v) is 7.34. The molecule has 21 heavy (non-hydrogen) atoms. The highest BCUT2D eigenvalue weighted by molar-refractivity contribution is 5.43. The van der Waals surface area contributed by atoms with Crippen molar-refractivity contribution in [3.05, 3.63) is 57.9 Å². The summed E-state index contributed by atoms with van der Waals surface area (Å²) in [4.78, 5) is 4.40. The molecule has 2 rings (SSSR count). The Labute approximate surface area is 127 Å². The summed E-state index contributed by atoms with van der Waals surface area (Å²) < 4.78 is 0. The van der Waals surface area contributed by atoms with Crippen LogP contribution in [0.1, 0.15) is 46.6 Å². The molecule has 0 spiro atoms. The second-order valence-corrected chi connectivity index (χ2v) is 5.86. The highest BCUT2D eigenvalue weighted by Crippen LogP contribution is 2.26. The fourth-order valence-corrected chi connectivity index (χ4v) is 2.65. The summed E-state index contributed by atoms with van der Waals surface area (Å²) in [5, 5.41) is 13.4. The van der Waals surface area contributed by atoms with Gasteiger partial charge in [-0.3, -0.25) is 4.98 Å². The van der Waals surface area contributed by atoms with E-state index in [0.717, 1.165) is 29.1 Å². The molecule has 0 aliphatic heterocycles. The van der Waals surface area contributed by atoms with Crippen molar-refractivity contribution in [2.45, 2.75) is 47.2 Å². The van der Waals surface area contributed by atoms with Gasteiger partial charge in [-0.1, -0.05) is 12.1 Å². The number of pyridine rings is 1. The van der Waals surface area contributed by atoms with Gasteiger partial charge < -0.3 is 10.4 Å². The van der Waals surface area contributed by atoms with Gasteiger partial charge in [-0.2, -0.15) is 0 Å². The van der Waals surface area contributed by atoms with Crippen molar-refractivity contribution in [1.29, 1.82) is 0 Å². The Bertz CT molecular complexity index is 606. The number of hydrogen-bond acceptors (Lipinski definition) is 3. The Balaban J connectivity index is 2.09. The van der Waals surface area contributed by atoms with E-state index < -0.39 is 0 Å². The van der Waals surface area contributed by atoms with E-state index in [0.29, 0.717) is 5.75 Å². The van der Waals surface area contributed by atoms with Crippen molar-refractivity contribution in [3.63, 3.8) is 0 Å². The van der Waals surface area contributed by atoms with Gasteiger partial charge in [0.05, 0.1) is 0 Å². The van der Waals surface area contributed by atoms with E-state index in [-0.39, 0.29) is 6.04 Å². The SMILES string of the molecule is Cc1cc(CNC(C)c2cc(C)c(O)c(C)c2)cc(C)n1. The Morgan fingerprint density at radius 2 is 1.52 bits per heavy atom. The van der Waals surface area contributed by atoms with Crippen molar-refractivity contribution in [2.75, 3.05) is 0 Å². The van der Waals surface area contributed by atoms with Gasteiger partial charge in [0, 0.05) is 24.0 Å². The minimum Gasteiger partial charge on any atom is -0.507 e. The molecule has 3 nitrogen and oxygen atoms in total. The first-order valence-electron chi connectivity index (χ1n) is 7.34. The molecular weight excluding hydrogens is 260 g/mol. The molecule has 1 heterocycles. The van der Waals surface area contributed by atoms with E-state index in [9.17, 15) is 5.11 Å². The Kier molecular flexibility index (Phi) is 4.63. The van der Waals surface area contributed by atoms with Crippen molar-refractivity contribution in [3.8, 4) is 5.75 Å².